The summed E-state index contributed by atoms with van der Waals surface area (Å²) in [7, 11) is 0. The number of carbonyl (C=O) groups is 1. The minimum Gasteiger partial charge on any atom is -0.455 e. The average Bonchev–Trinajstić information content (AvgIpc) is 2.51. The molecule has 2 aromatic carbocycles. The fourth-order valence-corrected chi connectivity index (χ4v) is 1.82. The summed E-state index contributed by atoms with van der Waals surface area (Å²) in [4.78, 5) is 11.8. The van der Waals surface area contributed by atoms with Crippen molar-refractivity contribution in [2.45, 2.75) is 19.9 Å². The van der Waals surface area contributed by atoms with Crippen molar-refractivity contribution in [1.29, 1.82) is 0 Å². The van der Waals surface area contributed by atoms with E-state index in [4.69, 9.17) is 9.84 Å². The molecule has 1 unspecified atom stereocenters. The van der Waals surface area contributed by atoms with Crippen LogP contribution in [-0.4, -0.2) is 23.8 Å². The van der Waals surface area contributed by atoms with Crippen LogP contribution in [0.15, 0.2) is 48.5 Å². The molecule has 22 heavy (non-hydrogen) atoms. The molecule has 0 aromatic heterocycles. The van der Waals surface area contributed by atoms with Crippen molar-refractivity contribution in [3.8, 4) is 11.5 Å². The van der Waals surface area contributed by atoms with Crippen molar-refractivity contribution in [2.24, 2.45) is 0 Å². The molecular formula is C17H20N2O3. The summed E-state index contributed by atoms with van der Waals surface area (Å²) in [5, 5.41) is 14.3. The molecule has 1 atom stereocenters. The normalized spacial score (nSPS) is 11.6. The molecule has 0 bridgehead atoms. The first kappa shape index (κ1) is 15.9. The van der Waals surface area contributed by atoms with Crippen LogP contribution in [0.3, 0.4) is 0 Å². The molecule has 3 N–H and O–H groups in total. The second kappa shape index (κ2) is 7.47. The number of amides is 2. The first-order valence-corrected chi connectivity index (χ1v) is 7.10. The lowest BCUT2D eigenvalue weighted by Crippen LogP contribution is -2.38. The Morgan fingerprint density at radius 3 is 2.55 bits per heavy atom. The SMILES string of the molecule is Cc1ccc(Oc2ccccc2NC(=O)NC(C)CO)cc1. The molecular weight excluding hydrogens is 280 g/mol. The number of hydrogen-bond donors (Lipinski definition) is 3. The molecule has 0 aliphatic heterocycles. The Bertz CT molecular complexity index is 626. The van der Waals surface area contributed by atoms with Gasteiger partial charge >= 0.3 is 6.03 Å². The Morgan fingerprint density at radius 2 is 1.86 bits per heavy atom. The van der Waals surface area contributed by atoms with Crippen LogP contribution >= 0.6 is 0 Å². The smallest absolute Gasteiger partial charge is 0.319 e. The van der Waals surface area contributed by atoms with E-state index in [9.17, 15) is 4.79 Å². The first-order chi connectivity index (χ1) is 10.6. The molecule has 116 valence electrons. The molecule has 0 radical (unpaired) electrons. The van der Waals surface area contributed by atoms with Gasteiger partial charge in [0.15, 0.2) is 5.75 Å². The van der Waals surface area contributed by atoms with Gasteiger partial charge in [-0.3, -0.25) is 0 Å². The summed E-state index contributed by atoms with van der Waals surface area (Å²) >= 11 is 0. The van der Waals surface area contributed by atoms with Crippen molar-refractivity contribution < 1.29 is 14.6 Å². The van der Waals surface area contributed by atoms with E-state index in [-0.39, 0.29) is 18.7 Å². The maximum absolute atomic E-state index is 11.8. The molecule has 2 rings (SSSR count). The number of carbonyl (C=O) groups excluding carboxylic acids is 1. The number of anilines is 1. The van der Waals surface area contributed by atoms with Crippen LogP contribution in [0.25, 0.3) is 0 Å². The predicted molar refractivity (Wildman–Crippen MR) is 86.4 cm³/mol. The summed E-state index contributed by atoms with van der Waals surface area (Å²) in [6, 6.07) is 14.2. The van der Waals surface area contributed by atoms with E-state index in [1.165, 1.54) is 0 Å². The van der Waals surface area contributed by atoms with Gasteiger partial charge in [0.05, 0.1) is 18.3 Å². The number of rotatable bonds is 5. The Labute approximate surface area is 129 Å². The van der Waals surface area contributed by atoms with Gasteiger partial charge in [0.25, 0.3) is 0 Å². The Balaban J connectivity index is 2.09. The highest BCUT2D eigenvalue weighted by molar-refractivity contribution is 5.91. The molecule has 2 aromatic rings. The van der Waals surface area contributed by atoms with E-state index < -0.39 is 0 Å². The Morgan fingerprint density at radius 1 is 1.18 bits per heavy atom. The molecule has 0 spiro atoms. The molecule has 0 saturated heterocycles. The lowest BCUT2D eigenvalue weighted by molar-refractivity contribution is 0.229. The third-order valence-electron chi connectivity index (χ3n) is 3.04. The number of hydrogen-bond acceptors (Lipinski definition) is 3. The molecule has 0 heterocycles. The van der Waals surface area contributed by atoms with Gasteiger partial charge in [0, 0.05) is 0 Å². The number of benzene rings is 2. The van der Waals surface area contributed by atoms with Crippen LogP contribution in [0.2, 0.25) is 0 Å². The highest BCUT2D eigenvalue weighted by Gasteiger charge is 2.10. The van der Waals surface area contributed by atoms with Gasteiger partial charge in [-0.05, 0) is 38.1 Å². The number of urea groups is 1. The molecule has 0 aliphatic rings. The lowest BCUT2D eigenvalue weighted by atomic mass is 10.2. The zero-order valence-electron chi connectivity index (χ0n) is 12.7. The van der Waals surface area contributed by atoms with Gasteiger partial charge in [0.2, 0.25) is 0 Å². The minimum atomic E-state index is -0.387. The maximum atomic E-state index is 11.8. The number of aliphatic hydroxyl groups is 1. The quantitative estimate of drug-likeness (QED) is 0.793. The van der Waals surface area contributed by atoms with E-state index >= 15 is 0 Å². The van der Waals surface area contributed by atoms with Gasteiger partial charge in [-0.15, -0.1) is 0 Å². The largest absolute Gasteiger partial charge is 0.455 e. The van der Waals surface area contributed by atoms with Gasteiger partial charge in [-0.25, -0.2) is 4.79 Å². The third kappa shape index (κ3) is 4.49. The summed E-state index contributed by atoms with van der Waals surface area (Å²) in [6.07, 6.45) is 0. The lowest BCUT2D eigenvalue weighted by Gasteiger charge is -2.15. The van der Waals surface area contributed by atoms with E-state index in [1.54, 1.807) is 19.1 Å². The second-order valence-electron chi connectivity index (χ2n) is 5.09. The number of aryl methyl sites for hydroxylation is 1. The number of para-hydroxylation sites is 2. The van der Waals surface area contributed by atoms with Crippen molar-refractivity contribution in [3.05, 3.63) is 54.1 Å². The first-order valence-electron chi connectivity index (χ1n) is 7.10. The van der Waals surface area contributed by atoms with Crippen LogP contribution < -0.4 is 15.4 Å². The summed E-state index contributed by atoms with van der Waals surface area (Å²) in [6.45, 7) is 3.61. The second-order valence-corrected chi connectivity index (χ2v) is 5.09. The van der Waals surface area contributed by atoms with Gasteiger partial charge in [-0.2, -0.15) is 0 Å². The third-order valence-corrected chi connectivity index (χ3v) is 3.04. The highest BCUT2D eigenvalue weighted by atomic mass is 16.5. The molecule has 0 aliphatic carbocycles. The molecule has 2 amide bonds. The van der Waals surface area contributed by atoms with E-state index in [1.807, 2.05) is 43.3 Å². The monoisotopic (exact) mass is 300 g/mol. The fourth-order valence-electron chi connectivity index (χ4n) is 1.82. The zero-order valence-corrected chi connectivity index (χ0v) is 12.7. The predicted octanol–water partition coefficient (Wildman–Crippen LogP) is 3.29. The van der Waals surface area contributed by atoms with Crippen molar-refractivity contribution in [1.82, 2.24) is 5.32 Å². The van der Waals surface area contributed by atoms with Crippen LogP contribution in [-0.2, 0) is 0 Å². The molecule has 0 fully saturated rings. The van der Waals surface area contributed by atoms with Crippen molar-refractivity contribution in [2.75, 3.05) is 11.9 Å². The van der Waals surface area contributed by atoms with Gasteiger partial charge in [0.1, 0.15) is 5.75 Å². The minimum absolute atomic E-state index is 0.116. The van der Waals surface area contributed by atoms with Gasteiger partial charge in [-0.1, -0.05) is 29.8 Å². The zero-order chi connectivity index (χ0) is 15.9. The fraction of sp³-hybridized carbons (Fsp3) is 0.235. The maximum Gasteiger partial charge on any atom is 0.319 e. The van der Waals surface area contributed by atoms with E-state index in [0.29, 0.717) is 17.2 Å². The molecule has 5 heteroatoms. The number of ether oxygens (including phenoxy) is 1. The van der Waals surface area contributed by atoms with Crippen molar-refractivity contribution >= 4 is 11.7 Å². The Kier molecular flexibility index (Phi) is 5.38. The van der Waals surface area contributed by atoms with Gasteiger partial charge < -0.3 is 20.5 Å². The number of nitrogens with one attached hydrogen (secondary N) is 2. The van der Waals surface area contributed by atoms with Crippen LogP contribution in [0.1, 0.15) is 12.5 Å². The van der Waals surface area contributed by atoms with Crippen LogP contribution in [0.4, 0.5) is 10.5 Å². The van der Waals surface area contributed by atoms with Crippen LogP contribution in [0, 0.1) is 6.92 Å². The average molecular weight is 300 g/mol. The highest BCUT2D eigenvalue weighted by Crippen LogP contribution is 2.29. The molecule has 0 saturated carbocycles. The topological polar surface area (TPSA) is 70.6 Å². The van der Waals surface area contributed by atoms with E-state index in [2.05, 4.69) is 10.6 Å². The number of aliphatic hydroxyl groups excluding tert-OH is 1. The van der Waals surface area contributed by atoms with E-state index in [0.717, 1.165) is 5.56 Å². The summed E-state index contributed by atoms with van der Waals surface area (Å²) in [5.74, 6) is 1.25. The van der Waals surface area contributed by atoms with Crippen LogP contribution in [0.5, 0.6) is 11.5 Å². The summed E-state index contributed by atoms with van der Waals surface area (Å²) in [5.41, 5.74) is 1.71. The summed E-state index contributed by atoms with van der Waals surface area (Å²) < 4.78 is 5.80. The standard InChI is InChI=1S/C17H20N2O3/c1-12-7-9-14(10-8-12)22-16-6-4-3-5-15(16)19-17(21)18-13(2)11-20/h3-10,13,20H,11H2,1-2H3,(H2,18,19,21). The molecule has 5 nitrogen and oxygen atoms in total. The van der Waals surface area contributed by atoms with Crippen molar-refractivity contribution in [3.63, 3.8) is 0 Å². The Hall–Kier alpha value is -2.53.